The van der Waals surface area contributed by atoms with Crippen LogP contribution in [0.2, 0.25) is 0 Å². The second kappa shape index (κ2) is 9.38. The molecule has 1 saturated heterocycles. The van der Waals surface area contributed by atoms with Gasteiger partial charge in [-0.1, -0.05) is 19.1 Å². The van der Waals surface area contributed by atoms with Gasteiger partial charge in [0.2, 0.25) is 5.91 Å². The van der Waals surface area contributed by atoms with Gasteiger partial charge in [0.15, 0.2) is 0 Å². The van der Waals surface area contributed by atoms with Crippen LogP contribution in [-0.2, 0) is 14.8 Å². The number of rotatable bonds is 7. The van der Waals surface area contributed by atoms with Crippen LogP contribution in [0.3, 0.4) is 0 Å². The molecule has 8 heteroatoms. The van der Waals surface area contributed by atoms with E-state index in [9.17, 15) is 13.2 Å². The predicted octanol–water partition coefficient (Wildman–Crippen LogP) is 3.16. The first-order chi connectivity index (χ1) is 14.4. The Bertz CT molecular complexity index is 975. The highest BCUT2D eigenvalue weighted by Gasteiger charge is 2.31. The smallest absolute Gasteiger partial charge is 0.264 e. The Hall–Kier alpha value is -2.74. The van der Waals surface area contributed by atoms with Gasteiger partial charge in [0.05, 0.1) is 24.8 Å². The molecule has 0 N–H and O–H groups in total. The third kappa shape index (κ3) is 4.70. The van der Waals surface area contributed by atoms with E-state index in [-0.39, 0.29) is 17.3 Å². The molecule has 2 aromatic rings. The number of nitrogens with zero attached hydrogens (tertiary/aromatic N) is 2. The van der Waals surface area contributed by atoms with E-state index in [2.05, 4.69) is 6.92 Å². The topological polar surface area (TPSA) is 76.2 Å². The Morgan fingerprint density at radius 1 is 1.10 bits per heavy atom. The lowest BCUT2D eigenvalue weighted by Crippen LogP contribution is -2.46. The van der Waals surface area contributed by atoms with Crippen molar-refractivity contribution in [3.05, 3.63) is 48.5 Å². The summed E-state index contributed by atoms with van der Waals surface area (Å²) in [4.78, 5) is 14.9. The average molecular weight is 433 g/mol. The molecule has 1 atom stereocenters. The van der Waals surface area contributed by atoms with Crippen LogP contribution in [0.4, 0.5) is 5.69 Å². The fraction of sp³-hybridized carbons (Fsp3) is 0.409. The molecule has 30 heavy (non-hydrogen) atoms. The highest BCUT2D eigenvalue weighted by molar-refractivity contribution is 7.92. The van der Waals surface area contributed by atoms with E-state index in [4.69, 9.17) is 9.47 Å². The number of hydrogen-bond acceptors (Lipinski definition) is 5. The Morgan fingerprint density at radius 3 is 2.43 bits per heavy atom. The van der Waals surface area contributed by atoms with E-state index in [1.165, 1.54) is 26.4 Å². The van der Waals surface area contributed by atoms with Gasteiger partial charge in [-0.2, -0.15) is 0 Å². The van der Waals surface area contributed by atoms with E-state index in [1.54, 1.807) is 41.3 Å². The molecule has 2 aromatic carbocycles. The number of carbonyl (C=O) groups is 1. The molecule has 0 aromatic heterocycles. The van der Waals surface area contributed by atoms with Crippen molar-refractivity contribution in [1.82, 2.24) is 4.90 Å². The number of carbonyl (C=O) groups excluding carboxylic acids is 1. The van der Waals surface area contributed by atoms with Crippen molar-refractivity contribution in [2.24, 2.45) is 5.92 Å². The van der Waals surface area contributed by atoms with E-state index in [0.29, 0.717) is 36.2 Å². The summed E-state index contributed by atoms with van der Waals surface area (Å²) in [6.07, 6.45) is 2.00. The molecule has 0 spiro atoms. The summed E-state index contributed by atoms with van der Waals surface area (Å²) in [6, 6.07) is 12.9. The summed E-state index contributed by atoms with van der Waals surface area (Å²) in [6.45, 7) is 3.10. The van der Waals surface area contributed by atoms with E-state index in [0.717, 1.165) is 17.1 Å². The summed E-state index contributed by atoms with van der Waals surface area (Å²) >= 11 is 0. The molecular weight excluding hydrogens is 404 g/mol. The SMILES string of the molecule is COc1ccc(S(=O)(=O)N(CC(=O)N2CCC[C@@H](C)C2)c2ccccc2OC)cc1. The van der Waals surface area contributed by atoms with Crippen LogP contribution in [0.5, 0.6) is 11.5 Å². The minimum absolute atomic E-state index is 0.0778. The van der Waals surface area contributed by atoms with Crippen LogP contribution in [0.1, 0.15) is 19.8 Å². The molecule has 3 rings (SSSR count). The number of hydrogen-bond donors (Lipinski definition) is 0. The number of benzene rings is 2. The first-order valence-electron chi connectivity index (χ1n) is 9.94. The molecule has 1 fully saturated rings. The van der Waals surface area contributed by atoms with Gasteiger partial charge in [-0.3, -0.25) is 9.10 Å². The van der Waals surface area contributed by atoms with Crippen LogP contribution in [0.25, 0.3) is 0 Å². The number of amides is 1. The molecule has 0 radical (unpaired) electrons. The largest absolute Gasteiger partial charge is 0.497 e. The molecule has 7 nitrogen and oxygen atoms in total. The van der Waals surface area contributed by atoms with Crippen LogP contribution in [-0.4, -0.2) is 53.1 Å². The van der Waals surface area contributed by atoms with Crippen LogP contribution < -0.4 is 13.8 Å². The van der Waals surface area contributed by atoms with Crippen molar-refractivity contribution in [3.63, 3.8) is 0 Å². The van der Waals surface area contributed by atoms with Gasteiger partial charge in [0.25, 0.3) is 10.0 Å². The van der Waals surface area contributed by atoms with Crippen molar-refractivity contribution < 1.29 is 22.7 Å². The van der Waals surface area contributed by atoms with Crippen LogP contribution in [0.15, 0.2) is 53.4 Å². The van der Waals surface area contributed by atoms with Gasteiger partial charge in [-0.15, -0.1) is 0 Å². The van der Waals surface area contributed by atoms with Crippen molar-refractivity contribution in [1.29, 1.82) is 0 Å². The Labute approximate surface area is 178 Å². The van der Waals surface area contributed by atoms with Crippen LogP contribution >= 0.6 is 0 Å². The van der Waals surface area contributed by atoms with E-state index < -0.39 is 10.0 Å². The van der Waals surface area contributed by atoms with Gasteiger partial charge in [0.1, 0.15) is 18.0 Å². The molecule has 1 heterocycles. The summed E-state index contributed by atoms with van der Waals surface area (Å²) in [5.74, 6) is 1.12. The molecule has 0 saturated carbocycles. The van der Waals surface area contributed by atoms with E-state index in [1.807, 2.05) is 0 Å². The van der Waals surface area contributed by atoms with Gasteiger partial charge in [0, 0.05) is 13.1 Å². The second-order valence-corrected chi connectivity index (χ2v) is 9.31. The molecule has 0 bridgehead atoms. The highest BCUT2D eigenvalue weighted by atomic mass is 32.2. The van der Waals surface area contributed by atoms with Crippen molar-refractivity contribution in [2.75, 3.05) is 38.2 Å². The highest BCUT2D eigenvalue weighted by Crippen LogP contribution is 2.33. The summed E-state index contributed by atoms with van der Waals surface area (Å²) < 4.78 is 38.7. The predicted molar refractivity (Wildman–Crippen MR) is 115 cm³/mol. The number of piperidine rings is 1. The number of ether oxygens (including phenoxy) is 2. The lowest BCUT2D eigenvalue weighted by Gasteiger charge is -2.33. The quantitative estimate of drug-likeness (QED) is 0.672. The van der Waals surface area contributed by atoms with Crippen molar-refractivity contribution in [3.8, 4) is 11.5 Å². The Kier molecular flexibility index (Phi) is 6.87. The number of para-hydroxylation sites is 2. The minimum atomic E-state index is -4.01. The van der Waals surface area contributed by atoms with Gasteiger partial charge in [-0.25, -0.2) is 8.42 Å². The summed E-state index contributed by atoms with van der Waals surface area (Å²) in [5, 5.41) is 0. The number of likely N-dealkylation sites (tertiary alicyclic amines) is 1. The summed E-state index contributed by atoms with van der Waals surface area (Å²) in [5.41, 5.74) is 0.328. The number of methoxy groups -OCH3 is 2. The maximum atomic E-state index is 13.5. The molecule has 0 aliphatic carbocycles. The second-order valence-electron chi connectivity index (χ2n) is 7.45. The molecule has 162 valence electrons. The lowest BCUT2D eigenvalue weighted by molar-refractivity contribution is -0.131. The Balaban J connectivity index is 1.99. The van der Waals surface area contributed by atoms with Gasteiger partial charge >= 0.3 is 0 Å². The first-order valence-corrected chi connectivity index (χ1v) is 11.4. The average Bonchev–Trinajstić information content (AvgIpc) is 2.77. The third-order valence-corrected chi connectivity index (χ3v) is 7.06. The minimum Gasteiger partial charge on any atom is -0.497 e. The fourth-order valence-corrected chi connectivity index (χ4v) is 5.07. The number of sulfonamides is 1. The zero-order chi connectivity index (χ0) is 21.7. The van der Waals surface area contributed by atoms with Crippen molar-refractivity contribution in [2.45, 2.75) is 24.7 Å². The van der Waals surface area contributed by atoms with Gasteiger partial charge < -0.3 is 14.4 Å². The maximum Gasteiger partial charge on any atom is 0.264 e. The molecule has 1 amide bonds. The zero-order valence-corrected chi connectivity index (χ0v) is 18.4. The lowest BCUT2D eigenvalue weighted by atomic mass is 10.0. The normalized spacial score (nSPS) is 16.8. The molecule has 0 unspecified atom stereocenters. The van der Waals surface area contributed by atoms with Crippen molar-refractivity contribution >= 4 is 21.6 Å². The van der Waals surface area contributed by atoms with E-state index >= 15 is 0 Å². The molecule has 1 aliphatic rings. The maximum absolute atomic E-state index is 13.5. The Morgan fingerprint density at radius 2 is 1.80 bits per heavy atom. The molecule has 1 aliphatic heterocycles. The molecular formula is C22H28N2O5S. The standard InChI is InChI=1S/C22H28N2O5S/c1-17-7-6-14-23(15-17)22(25)16-24(20-8-4-5-9-21(20)29-3)30(26,27)19-12-10-18(28-2)11-13-19/h4-5,8-13,17H,6-7,14-16H2,1-3H3/t17-/m1/s1. The monoisotopic (exact) mass is 432 g/mol. The first kappa shape index (κ1) is 22.0. The van der Waals surface area contributed by atoms with Gasteiger partial charge in [-0.05, 0) is 55.2 Å². The number of anilines is 1. The third-order valence-electron chi connectivity index (χ3n) is 5.29. The zero-order valence-electron chi connectivity index (χ0n) is 17.6. The fourth-order valence-electron chi connectivity index (χ4n) is 3.65. The summed E-state index contributed by atoms with van der Waals surface area (Å²) in [7, 11) is -1.01. The van der Waals surface area contributed by atoms with Crippen LogP contribution in [0, 0.1) is 5.92 Å².